The Morgan fingerprint density at radius 2 is 2.29 bits per heavy atom. The smallest absolute Gasteiger partial charge is 0.141 e. The molecule has 4 nitrogen and oxygen atoms in total. The minimum absolute atomic E-state index is 0.407. The molecule has 88 valence electrons. The summed E-state index contributed by atoms with van der Waals surface area (Å²) < 4.78 is 0. The van der Waals surface area contributed by atoms with Crippen molar-refractivity contribution in [3.05, 3.63) is 47.8 Å². The molecule has 1 aromatic heterocycles. The highest BCUT2D eigenvalue weighted by atomic mass is 14.9. The third-order valence-corrected chi connectivity index (χ3v) is 2.27. The molecule has 0 spiro atoms. The highest BCUT2D eigenvalue weighted by Crippen LogP contribution is 2.15. The standard InChI is InChI=1S/C13H16N4/c1-4-5-12(16-3)13-10(9-15-2)6-7-11(8-14)17-13/h4-7,15-16H,1,9H2,2-3H3/b12-5+. The fraction of sp³-hybridized carbons (Fsp3) is 0.231. The topological polar surface area (TPSA) is 60.7 Å². The van der Waals surface area contributed by atoms with Gasteiger partial charge in [0.1, 0.15) is 11.8 Å². The summed E-state index contributed by atoms with van der Waals surface area (Å²) in [5.74, 6) is 0. The van der Waals surface area contributed by atoms with E-state index in [4.69, 9.17) is 5.26 Å². The summed E-state index contributed by atoms with van der Waals surface area (Å²) in [6.07, 6.45) is 3.53. The van der Waals surface area contributed by atoms with Gasteiger partial charge < -0.3 is 10.6 Å². The lowest BCUT2D eigenvalue weighted by Gasteiger charge is -2.11. The number of aromatic nitrogens is 1. The van der Waals surface area contributed by atoms with Crippen LogP contribution in [-0.2, 0) is 6.54 Å². The van der Waals surface area contributed by atoms with Crippen molar-refractivity contribution < 1.29 is 0 Å². The minimum Gasteiger partial charge on any atom is -0.386 e. The van der Waals surface area contributed by atoms with Crippen LogP contribution in [0.3, 0.4) is 0 Å². The predicted octanol–water partition coefficient (Wildman–Crippen LogP) is 1.42. The summed E-state index contributed by atoms with van der Waals surface area (Å²) >= 11 is 0. The largest absolute Gasteiger partial charge is 0.386 e. The second-order valence-corrected chi connectivity index (χ2v) is 3.41. The number of nitriles is 1. The lowest BCUT2D eigenvalue weighted by atomic mass is 10.1. The Morgan fingerprint density at radius 3 is 2.82 bits per heavy atom. The van der Waals surface area contributed by atoms with Crippen LogP contribution in [0.2, 0.25) is 0 Å². The number of pyridine rings is 1. The third kappa shape index (κ3) is 3.16. The number of allylic oxidation sites excluding steroid dienone is 2. The van der Waals surface area contributed by atoms with Crippen molar-refractivity contribution in [1.29, 1.82) is 5.26 Å². The maximum atomic E-state index is 8.88. The molecule has 1 rings (SSSR count). The normalized spacial score (nSPS) is 10.8. The molecule has 1 heterocycles. The van der Waals surface area contributed by atoms with Gasteiger partial charge in [-0.05, 0) is 24.8 Å². The second-order valence-electron chi connectivity index (χ2n) is 3.41. The molecule has 0 amide bonds. The van der Waals surface area contributed by atoms with Crippen LogP contribution < -0.4 is 10.6 Å². The van der Waals surface area contributed by atoms with Crippen molar-refractivity contribution in [2.24, 2.45) is 0 Å². The van der Waals surface area contributed by atoms with Crippen molar-refractivity contribution in [2.75, 3.05) is 14.1 Å². The number of nitrogens with one attached hydrogen (secondary N) is 2. The van der Waals surface area contributed by atoms with Gasteiger partial charge in [-0.3, -0.25) is 0 Å². The molecule has 0 aromatic carbocycles. The first-order valence-corrected chi connectivity index (χ1v) is 5.32. The highest BCUT2D eigenvalue weighted by molar-refractivity contribution is 5.65. The lowest BCUT2D eigenvalue weighted by Crippen LogP contribution is -2.14. The Kier molecular flexibility index (Phi) is 4.92. The quantitative estimate of drug-likeness (QED) is 0.748. The van der Waals surface area contributed by atoms with E-state index < -0.39 is 0 Å². The van der Waals surface area contributed by atoms with E-state index in [1.807, 2.05) is 32.3 Å². The summed E-state index contributed by atoms with van der Waals surface area (Å²) in [5.41, 5.74) is 3.07. The van der Waals surface area contributed by atoms with E-state index in [1.165, 1.54) is 0 Å². The van der Waals surface area contributed by atoms with E-state index in [1.54, 1.807) is 12.1 Å². The van der Waals surface area contributed by atoms with Gasteiger partial charge in [-0.15, -0.1) is 0 Å². The molecule has 0 atom stereocenters. The number of hydrogen-bond acceptors (Lipinski definition) is 4. The second kappa shape index (κ2) is 6.46. The summed E-state index contributed by atoms with van der Waals surface area (Å²) in [4.78, 5) is 4.32. The van der Waals surface area contributed by atoms with Crippen LogP contribution in [0.25, 0.3) is 5.70 Å². The summed E-state index contributed by atoms with van der Waals surface area (Å²) in [5, 5.41) is 15.0. The van der Waals surface area contributed by atoms with Crippen LogP contribution in [-0.4, -0.2) is 19.1 Å². The van der Waals surface area contributed by atoms with E-state index in [0.717, 1.165) is 17.0 Å². The molecule has 0 radical (unpaired) electrons. The Balaban J connectivity index is 3.30. The van der Waals surface area contributed by atoms with Crippen molar-refractivity contribution in [1.82, 2.24) is 15.6 Å². The van der Waals surface area contributed by atoms with Crippen molar-refractivity contribution in [3.63, 3.8) is 0 Å². The van der Waals surface area contributed by atoms with Gasteiger partial charge in [-0.25, -0.2) is 4.98 Å². The van der Waals surface area contributed by atoms with E-state index in [2.05, 4.69) is 22.2 Å². The van der Waals surface area contributed by atoms with Gasteiger partial charge in [0, 0.05) is 13.6 Å². The fourth-order valence-corrected chi connectivity index (χ4v) is 1.52. The first kappa shape index (κ1) is 12.9. The Bertz CT molecular complexity index is 469. The van der Waals surface area contributed by atoms with Crippen LogP contribution >= 0.6 is 0 Å². The molecule has 0 saturated carbocycles. The van der Waals surface area contributed by atoms with Crippen LogP contribution in [0.4, 0.5) is 0 Å². The number of hydrogen-bond donors (Lipinski definition) is 2. The number of rotatable bonds is 5. The molecular weight excluding hydrogens is 212 g/mol. The van der Waals surface area contributed by atoms with E-state index in [-0.39, 0.29) is 0 Å². The highest BCUT2D eigenvalue weighted by Gasteiger charge is 2.08. The maximum absolute atomic E-state index is 8.88. The molecule has 2 N–H and O–H groups in total. The third-order valence-electron chi connectivity index (χ3n) is 2.27. The molecule has 0 bridgehead atoms. The minimum atomic E-state index is 0.407. The van der Waals surface area contributed by atoms with Gasteiger partial charge >= 0.3 is 0 Å². The summed E-state index contributed by atoms with van der Waals surface area (Å²) in [6.45, 7) is 4.37. The van der Waals surface area contributed by atoms with Gasteiger partial charge in [0.05, 0.1) is 11.4 Å². The zero-order chi connectivity index (χ0) is 12.7. The first-order chi connectivity index (χ1) is 8.26. The summed E-state index contributed by atoms with van der Waals surface area (Å²) in [7, 11) is 3.69. The van der Waals surface area contributed by atoms with Crippen molar-refractivity contribution >= 4 is 5.70 Å². The van der Waals surface area contributed by atoms with E-state index >= 15 is 0 Å². The van der Waals surface area contributed by atoms with Gasteiger partial charge in [-0.2, -0.15) is 5.26 Å². The van der Waals surface area contributed by atoms with Crippen molar-refractivity contribution in [3.8, 4) is 6.07 Å². The Morgan fingerprint density at radius 1 is 1.53 bits per heavy atom. The van der Waals surface area contributed by atoms with E-state index in [9.17, 15) is 0 Å². The molecule has 17 heavy (non-hydrogen) atoms. The SMILES string of the molecule is C=C/C=C(/NC)c1nc(C#N)ccc1CNC. The molecule has 0 aliphatic carbocycles. The fourth-order valence-electron chi connectivity index (χ4n) is 1.52. The van der Waals surface area contributed by atoms with Crippen LogP contribution in [0, 0.1) is 11.3 Å². The predicted molar refractivity (Wildman–Crippen MR) is 68.9 cm³/mol. The van der Waals surface area contributed by atoms with Gasteiger partial charge in [0.15, 0.2) is 0 Å². The van der Waals surface area contributed by atoms with E-state index in [0.29, 0.717) is 12.2 Å². The van der Waals surface area contributed by atoms with Gasteiger partial charge in [0.2, 0.25) is 0 Å². The lowest BCUT2D eigenvalue weighted by molar-refractivity contribution is 0.807. The molecule has 4 heteroatoms. The van der Waals surface area contributed by atoms with Crippen molar-refractivity contribution in [2.45, 2.75) is 6.54 Å². The zero-order valence-electron chi connectivity index (χ0n) is 10.1. The van der Waals surface area contributed by atoms with Crippen LogP contribution in [0.1, 0.15) is 17.0 Å². The summed E-state index contributed by atoms with van der Waals surface area (Å²) in [6, 6.07) is 5.67. The molecule has 1 aromatic rings. The monoisotopic (exact) mass is 228 g/mol. The molecule has 0 aliphatic heterocycles. The molecule has 0 saturated heterocycles. The first-order valence-electron chi connectivity index (χ1n) is 5.32. The van der Waals surface area contributed by atoms with Crippen LogP contribution in [0.5, 0.6) is 0 Å². The Hall–Kier alpha value is -2.12. The average Bonchev–Trinajstić information content (AvgIpc) is 2.37. The molecular formula is C13H16N4. The Labute approximate surface area is 102 Å². The maximum Gasteiger partial charge on any atom is 0.141 e. The average molecular weight is 228 g/mol. The van der Waals surface area contributed by atoms with Gasteiger partial charge in [-0.1, -0.05) is 18.7 Å². The number of nitrogens with zero attached hydrogens (tertiary/aromatic N) is 2. The molecule has 0 unspecified atom stereocenters. The van der Waals surface area contributed by atoms with Gasteiger partial charge in [0.25, 0.3) is 0 Å². The molecule has 0 fully saturated rings. The van der Waals surface area contributed by atoms with Crippen LogP contribution in [0.15, 0.2) is 30.9 Å². The zero-order valence-corrected chi connectivity index (χ0v) is 10.1. The molecule has 0 aliphatic rings.